The van der Waals surface area contributed by atoms with Gasteiger partial charge in [0.2, 0.25) is 11.8 Å². The Morgan fingerprint density at radius 3 is 2.71 bits per heavy atom. The highest BCUT2D eigenvalue weighted by molar-refractivity contribution is 5.98. The number of para-hydroxylation sites is 2. The molecule has 1 aliphatic rings. The van der Waals surface area contributed by atoms with Crippen LogP contribution in [-0.2, 0) is 22.4 Å². The number of benzene rings is 2. The predicted molar refractivity (Wildman–Crippen MR) is 92.2 cm³/mol. The van der Waals surface area contributed by atoms with E-state index in [4.69, 9.17) is 4.74 Å². The second-order valence-electron chi connectivity index (χ2n) is 5.69. The van der Waals surface area contributed by atoms with Crippen LogP contribution in [0.1, 0.15) is 11.1 Å². The molecule has 0 aliphatic carbocycles. The molecule has 2 amide bonds. The molecule has 0 saturated heterocycles. The van der Waals surface area contributed by atoms with Gasteiger partial charge in [0.15, 0.2) is 0 Å². The van der Waals surface area contributed by atoms with Crippen molar-refractivity contribution in [2.24, 2.45) is 0 Å². The second-order valence-corrected chi connectivity index (χ2v) is 5.69. The average Bonchev–Trinajstić information content (AvgIpc) is 3.04. The Kier molecular flexibility index (Phi) is 4.79. The van der Waals surface area contributed by atoms with Gasteiger partial charge in [0.1, 0.15) is 5.75 Å². The van der Waals surface area contributed by atoms with Crippen molar-refractivity contribution < 1.29 is 14.3 Å². The zero-order valence-electron chi connectivity index (χ0n) is 13.6. The number of hydrogen-bond donors (Lipinski definition) is 1. The summed E-state index contributed by atoms with van der Waals surface area (Å²) < 4.78 is 5.24. The van der Waals surface area contributed by atoms with Crippen LogP contribution in [0.3, 0.4) is 0 Å². The zero-order chi connectivity index (χ0) is 16.9. The third-order valence-electron chi connectivity index (χ3n) is 4.17. The van der Waals surface area contributed by atoms with Crippen molar-refractivity contribution in [1.82, 2.24) is 5.32 Å². The Balaban J connectivity index is 1.56. The van der Waals surface area contributed by atoms with Crippen LogP contribution in [-0.4, -0.2) is 32.0 Å². The number of methoxy groups -OCH3 is 1. The minimum Gasteiger partial charge on any atom is -0.496 e. The Morgan fingerprint density at radius 1 is 1.12 bits per heavy atom. The van der Waals surface area contributed by atoms with Gasteiger partial charge in [0, 0.05) is 17.8 Å². The number of amides is 2. The summed E-state index contributed by atoms with van der Waals surface area (Å²) in [4.78, 5) is 26.2. The molecule has 0 fully saturated rings. The van der Waals surface area contributed by atoms with E-state index in [1.807, 2.05) is 48.5 Å². The van der Waals surface area contributed by atoms with Gasteiger partial charge in [-0.15, -0.1) is 0 Å². The number of ether oxygens (including phenoxy) is 1. The molecule has 0 bridgehead atoms. The zero-order valence-corrected chi connectivity index (χ0v) is 13.6. The van der Waals surface area contributed by atoms with E-state index in [0.717, 1.165) is 17.7 Å². The van der Waals surface area contributed by atoms with Crippen molar-refractivity contribution in [1.29, 1.82) is 0 Å². The van der Waals surface area contributed by atoms with Crippen molar-refractivity contribution in [2.75, 3.05) is 25.1 Å². The Bertz CT molecular complexity index is 758. The summed E-state index contributed by atoms with van der Waals surface area (Å²) in [5.74, 6) is 0.390. The smallest absolute Gasteiger partial charge is 0.246 e. The Hall–Kier alpha value is -2.82. The molecule has 1 aliphatic heterocycles. The van der Waals surface area contributed by atoms with E-state index < -0.39 is 0 Å². The minimum absolute atomic E-state index is 0.00230. The molecule has 5 nitrogen and oxygen atoms in total. The van der Waals surface area contributed by atoms with E-state index in [1.54, 1.807) is 12.0 Å². The molecule has 0 aromatic heterocycles. The third kappa shape index (κ3) is 3.40. The molecule has 1 heterocycles. The van der Waals surface area contributed by atoms with E-state index >= 15 is 0 Å². The lowest BCUT2D eigenvalue weighted by Crippen LogP contribution is -2.39. The SMILES string of the molecule is COc1ccccc1CC(=O)NCC(=O)N1CCc2ccccc21. The van der Waals surface area contributed by atoms with Crippen LogP contribution in [0.15, 0.2) is 48.5 Å². The van der Waals surface area contributed by atoms with E-state index in [0.29, 0.717) is 12.3 Å². The highest BCUT2D eigenvalue weighted by Gasteiger charge is 2.24. The van der Waals surface area contributed by atoms with Gasteiger partial charge in [-0.25, -0.2) is 0 Å². The predicted octanol–water partition coefficient (Wildman–Crippen LogP) is 1.94. The molecular weight excluding hydrogens is 304 g/mol. The molecule has 0 saturated carbocycles. The molecule has 0 unspecified atom stereocenters. The summed E-state index contributed by atoms with van der Waals surface area (Å²) in [5.41, 5.74) is 2.92. The van der Waals surface area contributed by atoms with E-state index in [-0.39, 0.29) is 24.8 Å². The summed E-state index contributed by atoms with van der Waals surface area (Å²) in [6, 6.07) is 15.2. The van der Waals surface area contributed by atoms with Crippen LogP contribution in [0.4, 0.5) is 5.69 Å². The fourth-order valence-corrected chi connectivity index (χ4v) is 2.95. The lowest BCUT2D eigenvalue weighted by Gasteiger charge is -2.17. The van der Waals surface area contributed by atoms with Crippen LogP contribution in [0, 0.1) is 0 Å². The van der Waals surface area contributed by atoms with Crippen molar-refractivity contribution >= 4 is 17.5 Å². The summed E-state index contributed by atoms with van der Waals surface area (Å²) in [5, 5.41) is 2.70. The van der Waals surface area contributed by atoms with Gasteiger partial charge in [-0.2, -0.15) is 0 Å². The van der Waals surface area contributed by atoms with Gasteiger partial charge in [-0.3, -0.25) is 9.59 Å². The van der Waals surface area contributed by atoms with Crippen LogP contribution in [0.5, 0.6) is 5.75 Å². The van der Waals surface area contributed by atoms with E-state index in [2.05, 4.69) is 5.32 Å². The number of fused-ring (bicyclic) bond motifs is 1. The highest BCUT2D eigenvalue weighted by Crippen LogP contribution is 2.27. The van der Waals surface area contributed by atoms with Crippen molar-refractivity contribution in [3.05, 3.63) is 59.7 Å². The monoisotopic (exact) mass is 324 g/mol. The molecular formula is C19H20N2O3. The lowest BCUT2D eigenvalue weighted by atomic mass is 10.1. The third-order valence-corrected chi connectivity index (χ3v) is 4.17. The number of nitrogens with zero attached hydrogens (tertiary/aromatic N) is 1. The number of nitrogens with one attached hydrogen (secondary N) is 1. The molecule has 1 N–H and O–H groups in total. The van der Waals surface area contributed by atoms with Crippen molar-refractivity contribution in [3.8, 4) is 5.75 Å². The van der Waals surface area contributed by atoms with Crippen LogP contribution in [0.25, 0.3) is 0 Å². The van der Waals surface area contributed by atoms with Crippen molar-refractivity contribution in [2.45, 2.75) is 12.8 Å². The van der Waals surface area contributed by atoms with Gasteiger partial charge >= 0.3 is 0 Å². The number of hydrogen-bond acceptors (Lipinski definition) is 3. The number of anilines is 1. The maximum atomic E-state index is 12.4. The molecule has 2 aromatic carbocycles. The molecule has 0 atom stereocenters. The van der Waals surface area contributed by atoms with E-state index in [9.17, 15) is 9.59 Å². The first-order valence-corrected chi connectivity index (χ1v) is 7.96. The first kappa shape index (κ1) is 16.1. The minimum atomic E-state index is -0.194. The Morgan fingerprint density at radius 2 is 1.88 bits per heavy atom. The lowest BCUT2D eigenvalue weighted by molar-refractivity contribution is -0.124. The average molecular weight is 324 g/mol. The second kappa shape index (κ2) is 7.17. The maximum absolute atomic E-state index is 12.4. The fourth-order valence-electron chi connectivity index (χ4n) is 2.95. The molecule has 0 radical (unpaired) electrons. The first-order chi connectivity index (χ1) is 11.7. The van der Waals surface area contributed by atoms with Gasteiger partial charge in [0.25, 0.3) is 0 Å². The van der Waals surface area contributed by atoms with E-state index in [1.165, 1.54) is 5.56 Å². The van der Waals surface area contributed by atoms with Gasteiger partial charge in [-0.1, -0.05) is 36.4 Å². The van der Waals surface area contributed by atoms with Crippen molar-refractivity contribution in [3.63, 3.8) is 0 Å². The van der Waals surface area contributed by atoms with Crippen LogP contribution in [0.2, 0.25) is 0 Å². The van der Waals surface area contributed by atoms with Crippen LogP contribution < -0.4 is 15.0 Å². The maximum Gasteiger partial charge on any atom is 0.246 e. The number of carbonyl (C=O) groups is 2. The Labute approximate surface area is 141 Å². The molecule has 124 valence electrons. The quantitative estimate of drug-likeness (QED) is 0.914. The summed E-state index contributed by atoms with van der Waals surface area (Å²) in [7, 11) is 1.57. The van der Waals surface area contributed by atoms with Gasteiger partial charge in [-0.05, 0) is 24.1 Å². The summed E-state index contributed by atoms with van der Waals surface area (Å²) >= 11 is 0. The molecule has 0 spiro atoms. The molecule has 2 aromatic rings. The standard InChI is InChI=1S/C19H20N2O3/c1-24-17-9-5-3-7-15(17)12-18(22)20-13-19(23)21-11-10-14-6-2-4-8-16(14)21/h2-9H,10-13H2,1H3,(H,20,22). The topological polar surface area (TPSA) is 58.6 Å². The normalized spacial score (nSPS) is 12.6. The number of carbonyl (C=O) groups excluding carboxylic acids is 2. The molecule has 3 rings (SSSR count). The molecule has 24 heavy (non-hydrogen) atoms. The van der Waals surface area contributed by atoms with Gasteiger partial charge < -0.3 is 15.0 Å². The van der Waals surface area contributed by atoms with Gasteiger partial charge in [0.05, 0.1) is 20.1 Å². The highest BCUT2D eigenvalue weighted by atomic mass is 16.5. The van der Waals surface area contributed by atoms with Crippen LogP contribution >= 0.6 is 0 Å². The first-order valence-electron chi connectivity index (χ1n) is 7.96. The summed E-state index contributed by atoms with van der Waals surface area (Å²) in [6.07, 6.45) is 1.05. The largest absolute Gasteiger partial charge is 0.496 e. The molecule has 5 heteroatoms. The fraction of sp³-hybridized carbons (Fsp3) is 0.263. The number of rotatable bonds is 5. The summed E-state index contributed by atoms with van der Waals surface area (Å²) in [6.45, 7) is 0.670.